The Morgan fingerprint density at radius 2 is 2.00 bits per heavy atom. The minimum Gasteiger partial charge on any atom is -0.372 e. The lowest BCUT2D eigenvalue weighted by atomic mass is 10.00. The molecule has 0 aromatic rings. The predicted octanol–water partition coefficient (Wildman–Crippen LogP) is 2.77. The van der Waals surface area contributed by atoms with Gasteiger partial charge in [0.05, 0.1) is 5.60 Å². The van der Waals surface area contributed by atoms with Gasteiger partial charge in [0.15, 0.2) is 0 Å². The van der Waals surface area contributed by atoms with Gasteiger partial charge in [-0.1, -0.05) is 6.08 Å². The van der Waals surface area contributed by atoms with E-state index in [0.29, 0.717) is 0 Å². The summed E-state index contributed by atoms with van der Waals surface area (Å²) in [5.41, 5.74) is 1.21. The number of rotatable bonds is 3. The molecule has 0 atom stereocenters. The molecule has 0 aliphatic heterocycles. The van der Waals surface area contributed by atoms with Gasteiger partial charge in [-0.2, -0.15) is 0 Å². The molecule has 0 heterocycles. The second-order valence-corrected chi connectivity index (χ2v) is 2.92. The summed E-state index contributed by atoms with van der Waals surface area (Å²) in [4.78, 5) is 0. The van der Waals surface area contributed by atoms with Gasteiger partial charge in [0.2, 0.25) is 0 Å². The third-order valence-electron chi connectivity index (χ3n) is 1.89. The molecule has 1 heteroatoms. The fraction of sp³-hybridized carbons (Fsp3) is 0.778. The van der Waals surface area contributed by atoms with Crippen molar-refractivity contribution in [2.75, 3.05) is 6.61 Å². The zero-order valence-corrected chi connectivity index (χ0v) is 7.69. The molecule has 0 saturated carbocycles. The van der Waals surface area contributed by atoms with Gasteiger partial charge in [-0.25, -0.2) is 0 Å². The maximum atomic E-state index is 5.51. The fourth-order valence-electron chi connectivity index (χ4n) is 0.822. The molecule has 0 radical (unpaired) electrons. The molecule has 0 rings (SSSR count). The Balaban J connectivity index is 4.10. The van der Waals surface area contributed by atoms with E-state index < -0.39 is 0 Å². The van der Waals surface area contributed by atoms with E-state index in [-0.39, 0.29) is 5.60 Å². The largest absolute Gasteiger partial charge is 0.372 e. The van der Waals surface area contributed by atoms with Gasteiger partial charge in [-0.15, -0.1) is 0 Å². The zero-order valence-electron chi connectivity index (χ0n) is 7.69. The van der Waals surface area contributed by atoms with Crippen LogP contribution in [0.4, 0.5) is 0 Å². The maximum absolute atomic E-state index is 5.51. The second-order valence-electron chi connectivity index (χ2n) is 2.92. The highest BCUT2D eigenvalue weighted by Crippen LogP contribution is 2.19. The first-order chi connectivity index (χ1) is 4.54. The van der Waals surface area contributed by atoms with E-state index in [2.05, 4.69) is 26.8 Å². The first-order valence-electron chi connectivity index (χ1n) is 3.82. The Morgan fingerprint density at radius 3 is 2.30 bits per heavy atom. The lowest BCUT2D eigenvalue weighted by Crippen LogP contribution is -2.25. The fourth-order valence-corrected chi connectivity index (χ4v) is 0.822. The van der Waals surface area contributed by atoms with Gasteiger partial charge >= 0.3 is 0 Å². The molecule has 0 unspecified atom stereocenters. The van der Waals surface area contributed by atoms with Crippen molar-refractivity contribution in [1.29, 1.82) is 0 Å². The third kappa shape index (κ3) is 2.53. The molecule has 0 saturated heterocycles. The van der Waals surface area contributed by atoms with Crippen LogP contribution in [0.1, 0.15) is 34.6 Å². The monoisotopic (exact) mass is 142 g/mol. The predicted molar refractivity (Wildman–Crippen MR) is 45.1 cm³/mol. The van der Waals surface area contributed by atoms with Crippen LogP contribution < -0.4 is 0 Å². The van der Waals surface area contributed by atoms with Crippen molar-refractivity contribution < 1.29 is 4.74 Å². The van der Waals surface area contributed by atoms with Crippen LogP contribution >= 0.6 is 0 Å². The molecule has 0 amide bonds. The Morgan fingerprint density at radius 1 is 1.50 bits per heavy atom. The molecular weight excluding hydrogens is 124 g/mol. The average molecular weight is 142 g/mol. The Labute approximate surface area is 64.1 Å². The summed E-state index contributed by atoms with van der Waals surface area (Å²) in [6, 6.07) is 0. The van der Waals surface area contributed by atoms with Gasteiger partial charge < -0.3 is 4.74 Å². The molecule has 0 N–H and O–H groups in total. The zero-order chi connectivity index (χ0) is 8.20. The number of ether oxygens (including phenoxy) is 1. The topological polar surface area (TPSA) is 9.23 Å². The van der Waals surface area contributed by atoms with Crippen molar-refractivity contribution in [2.45, 2.75) is 40.2 Å². The number of hydrogen-bond acceptors (Lipinski definition) is 1. The van der Waals surface area contributed by atoms with Crippen molar-refractivity contribution in [3.63, 3.8) is 0 Å². The molecule has 10 heavy (non-hydrogen) atoms. The van der Waals surface area contributed by atoms with E-state index >= 15 is 0 Å². The molecule has 0 bridgehead atoms. The van der Waals surface area contributed by atoms with Crippen LogP contribution in [0, 0.1) is 0 Å². The maximum Gasteiger partial charge on any atom is 0.0832 e. The summed E-state index contributed by atoms with van der Waals surface area (Å²) in [6.45, 7) is 11.1. The molecule has 0 aromatic heterocycles. The van der Waals surface area contributed by atoms with Crippen LogP contribution in [0.3, 0.4) is 0 Å². The highest BCUT2D eigenvalue weighted by molar-refractivity contribution is 5.09. The second kappa shape index (κ2) is 3.77. The van der Waals surface area contributed by atoms with Gasteiger partial charge in [-0.05, 0) is 40.2 Å². The molecular formula is C9H18O. The minimum atomic E-state index is -0.0799. The van der Waals surface area contributed by atoms with E-state index in [1.165, 1.54) is 5.57 Å². The van der Waals surface area contributed by atoms with Crippen molar-refractivity contribution >= 4 is 0 Å². The lowest BCUT2D eigenvalue weighted by molar-refractivity contribution is 0.0192. The summed E-state index contributed by atoms with van der Waals surface area (Å²) >= 11 is 0. The Bertz CT molecular complexity index is 123. The molecule has 60 valence electrons. The van der Waals surface area contributed by atoms with E-state index in [4.69, 9.17) is 4.74 Å². The van der Waals surface area contributed by atoms with Gasteiger partial charge in [0, 0.05) is 6.61 Å². The minimum absolute atomic E-state index is 0.0799. The van der Waals surface area contributed by atoms with Crippen molar-refractivity contribution in [3.8, 4) is 0 Å². The summed E-state index contributed by atoms with van der Waals surface area (Å²) in [6.07, 6.45) is 2.09. The summed E-state index contributed by atoms with van der Waals surface area (Å²) in [5.74, 6) is 0. The van der Waals surface area contributed by atoms with Gasteiger partial charge in [0.25, 0.3) is 0 Å². The molecule has 1 nitrogen and oxygen atoms in total. The third-order valence-corrected chi connectivity index (χ3v) is 1.89. The normalized spacial score (nSPS) is 13.9. The van der Waals surface area contributed by atoms with Crippen LogP contribution in [0.5, 0.6) is 0 Å². The molecule has 0 aliphatic rings. The summed E-state index contributed by atoms with van der Waals surface area (Å²) < 4.78 is 5.51. The first kappa shape index (κ1) is 9.70. The highest BCUT2D eigenvalue weighted by Gasteiger charge is 2.18. The van der Waals surface area contributed by atoms with Crippen molar-refractivity contribution in [2.24, 2.45) is 0 Å². The quantitative estimate of drug-likeness (QED) is 0.550. The van der Waals surface area contributed by atoms with E-state index in [0.717, 1.165) is 6.61 Å². The summed E-state index contributed by atoms with van der Waals surface area (Å²) in [7, 11) is 0. The first-order valence-corrected chi connectivity index (χ1v) is 3.82. The van der Waals surface area contributed by atoms with E-state index in [1.54, 1.807) is 0 Å². The van der Waals surface area contributed by atoms with Crippen LogP contribution in [0.25, 0.3) is 0 Å². The van der Waals surface area contributed by atoms with Crippen molar-refractivity contribution in [3.05, 3.63) is 11.6 Å². The van der Waals surface area contributed by atoms with Gasteiger partial charge in [-0.3, -0.25) is 0 Å². The molecule has 0 aliphatic carbocycles. The Kier molecular flexibility index (Phi) is 3.66. The van der Waals surface area contributed by atoms with Crippen LogP contribution in [-0.4, -0.2) is 12.2 Å². The average Bonchev–Trinajstić information content (AvgIpc) is 1.86. The smallest absolute Gasteiger partial charge is 0.0832 e. The SMILES string of the molecule is CC=C(C)C(C)(C)OCC. The molecule has 0 fully saturated rings. The van der Waals surface area contributed by atoms with E-state index in [9.17, 15) is 0 Å². The standard InChI is InChI=1S/C9H18O/c1-6-8(3)9(4,5)10-7-2/h6H,7H2,1-5H3. The Hall–Kier alpha value is -0.300. The van der Waals surface area contributed by atoms with Crippen LogP contribution in [0.15, 0.2) is 11.6 Å². The lowest BCUT2D eigenvalue weighted by Gasteiger charge is -2.25. The number of hydrogen-bond donors (Lipinski definition) is 0. The molecule has 0 aromatic carbocycles. The van der Waals surface area contributed by atoms with Crippen LogP contribution in [-0.2, 0) is 4.74 Å². The van der Waals surface area contributed by atoms with E-state index in [1.807, 2.05) is 13.8 Å². The van der Waals surface area contributed by atoms with Crippen molar-refractivity contribution in [1.82, 2.24) is 0 Å². The molecule has 0 spiro atoms. The summed E-state index contributed by atoms with van der Waals surface area (Å²) in [5, 5.41) is 0. The van der Waals surface area contributed by atoms with Gasteiger partial charge in [0.1, 0.15) is 0 Å². The van der Waals surface area contributed by atoms with Crippen LogP contribution in [0.2, 0.25) is 0 Å². The number of allylic oxidation sites excluding steroid dienone is 1. The highest BCUT2D eigenvalue weighted by atomic mass is 16.5.